The van der Waals surface area contributed by atoms with Crippen molar-refractivity contribution in [2.24, 2.45) is 11.3 Å². The monoisotopic (exact) mass is 313 g/mol. The highest BCUT2D eigenvalue weighted by molar-refractivity contribution is 5.78. The lowest BCUT2D eigenvalue weighted by Crippen LogP contribution is -2.38. The van der Waals surface area contributed by atoms with Crippen molar-refractivity contribution < 1.29 is 19.2 Å². The molecule has 0 saturated carbocycles. The molecule has 1 amide bonds. The summed E-state index contributed by atoms with van der Waals surface area (Å²) in [6.45, 7) is 12.4. The number of aliphatic carboxylic acids is 1. The Hall–Kier alpha value is -1.10. The SMILES string of the molecule is CCC(C)C(=O)NCCC[N+]1(C)CC1(C)CC(C)(C)C(=O)O. The standard InChI is InChI=1S/C17H32N2O3/c1-7-13(2)14(20)18-9-8-10-19(6)12-17(19,5)11-16(3,4)15(21)22/h13H,7-12H2,1-6H3,(H-,18,20,21,22)/p+1. The number of amides is 1. The maximum Gasteiger partial charge on any atom is 0.309 e. The van der Waals surface area contributed by atoms with E-state index in [4.69, 9.17) is 0 Å². The van der Waals surface area contributed by atoms with Crippen LogP contribution in [0.1, 0.15) is 53.9 Å². The van der Waals surface area contributed by atoms with E-state index in [1.165, 1.54) is 0 Å². The lowest BCUT2D eigenvalue weighted by Gasteiger charge is -2.26. The fourth-order valence-corrected chi connectivity index (χ4v) is 3.34. The number of nitrogens with one attached hydrogen (secondary N) is 1. The first-order valence-electron chi connectivity index (χ1n) is 8.33. The molecule has 3 atom stereocenters. The van der Waals surface area contributed by atoms with Gasteiger partial charge >= 0.3 is 5.97 Å². The second-order valence-corrected chi connectivity index (χ2v) is 8.09. The zero-order valence-corrected chi connectivity index (χ0v) is 15.0. The summed E-state index contributed by atoms with van der Waals surface area (Å²) in [6.07, 6.45) is 2.48. The largest absolute Gasteiger partial charge is 0.481 e. The average Bonchev–Trinajstić information content (AvgIpc) is 2.93. The van der Waals surface area contributed by atoms with Crippen molar-refractivity contribution in [3.05, 3.63) is 0 Å². The summed E-state index contributed by atoms with van der Waals surface area (Å²) >= 11 is 0. The van der Waals surface area contributed by atoms with Crippen molar-refractivity contribution in [3.8, 4) is 0 Å². The smallest absolute Gasteiger partial charge is 0.309 e. The van der Waals surface area contributed by atoms with Gasteiger partial charge in [0.05, 0.1) is 19.0 Å². The number of carbonyl (C=O) groups is 2. The van der Waals surface area contributed by atoms with Crippen LogP contribution in [0.25, 0.3) is 0 Å². The molecule has 5 nitrogen and oxygen atoms in total. The van der Waals surface area contributed by atoms with E-state index < -0.39 is 11.4 Å². The van der Waals surface area contributed by atoms with Gasteiger partial charge in [0.15, 0.2) is 0 Å². The Morgan fingerprint density at radius 2 is 2.00 bits per heavy atom. The Balaban J connectivity index is 2.39. The molecule has 128 valence electrons. The Kier molecular flexibility index (Phi) is 5.66. The molecule has 1 heterocycles. The van der Waals surface area contributed by atoms with Crippen molar-refractivity contribution in [3.63, 3.8) is 0 Å². The van der Waals surface area contributed by atoms with E-state index in [2.05, 4.69) is 19.3 Å². The van der Waals surface area contributed by atoms with Gasteiger partial charge in [0.25, 0.3) is 0 Å². The molecule has 0 aromatic rings. The Bertz CT molecular complexity index is 436. The molecule has 22 heavy (non-hydrogen) atoms. The third kappa shape index (κ3) is 4.22. The number of likely N-dealkylation sites (N-methyl/N-ethyl adjacent to an activating group) is 1. The Labute approximate surface area is 134 Å². The van der Waals surface area contributed by atoms with Crippen molar-refractivity contribution >= 4 is 11.9 Å². The molecular formula is C17H33N2O3+. The maximum atomic E-state index is 11.7. The molecule has 0 aromatic heterocycles. The van der Waals surface area contributed by atoms with Gasteiger partial charge in [0, 0.05) is 25.3 Å². The summed E-state index contributed by atoms with van der Waals surface area (Å²) in [5.41, 5.74) is -0.641. The van der Waals surface area contributed by atoms with Gasteiger partial charge < -0.3 is 14.9 Å². The minimum absolute atomic E-state index is 0.0443. The first-order chi connectivity index (χ1) is 9.97. The van der Waals surface area contributed by atoms with Crippen molar-refractivity contribution in [1.29, 1.82) is 0 Å². The summed E-state index contributed by atoms with van der Waals surface area (Å²) in [5.74, 6) is -0.522. The highest BCUT2D eigenvalue weighted by Gasteiger charge is 2.64. The molecule has 1 rings (SSSR count). The molecule has 0 bridgehead atoms. The molecule has 0 aromatic carbocycles. The summed E-state index contributed by atoms with van der Waals surface area (Å²) in [5, 5.41) is 12.3. The quantitative estimate of drug-likeness (QED) is 0.390. The van der Waals surface area contributed by atoms with Gasteiger partial charge in [-0.05, 0) is 27.2 Å². The van der Waals surface area contributed by atoms with Gasteiger partial charge in [-0.3, -0.25) is 9.59 Å². The van der Waals surface area contributed by atoms with Crippen LogP contribution in [0.4, 0.5) is 0 Å². The number of quaternary nitrogens is 1. The van der Waals surface area contributed by atoms with Crippen LogP contribution in [0, 0.1) is 11.3 Å². The first kappa shape index (κ1) is 18.9. The van der Waals surface area contributed by atoms with Crippen LogP contribution in [-0.2, 0) is 9.59 Å². The second-order valence-electron chi connectivity index (χ2n) is 8.09. The highest BCUT2D eigenvalue weighted by atomic mass is 16.4. The predicted molar refractivity (Wildman–Crippen MR) is 87.4 cm³/mol. The minimum atomic E-state index is -0.729. The Morgan fingerprint density at radius 3 is 2.50 bits per heavy atom. The van der Waals surface area contributed by atoms with Gasteiger partial charge in [-0.15, -0.1) is 0 Å². The molecule has 0 spiro atoms. The van der Waals surface area contributed by atoms with Crippen molar-refractivity contribution in [1.82, 2.24) is 5.32 Å². The van der Waals surface area contributed by atoms with E-state index in [1.54, 1.807) is 13.8 Å². The third-order valence-corrected chi connectivity index (χ3v) is 5.48. The van der Waals surface area contributed by atoms with Gasteiger partial charge in [-0.2, -0.15) is 0 Å². The van der Waals surface area contributed by atoms with Gasteiger partial charge in [-0.1, -0.05) is 13.8 Å². The zero-order valence-electron chi connectivity index (χ0n) is 15.0. The maximum absolute atomic E-state index is 11.7. The second kappa shape index (κ2) is 6.57. The van der Waals surface area contributed by atoms with Crippen LogP contribution in [0.2, 0.25) is 0 Å². The van der Waals surface area contributed by atoms with E-state index in [9.17, 15) is 14.7 Å². The van der Waals surface area contributed by atoms with Crippen LogP contribution in [0.15, 0.2) is 0 Å². The number of carbonyl (C=O) groups excluding carboxylic acids is 1. The molecule has 0 radical (unpaired) electrons. The zero-order chi connectivity index (χ0) is 17.2. The molecule has 3 unspecified atom stereocenters. The normalized spacial score (nSPS) is 29.0. The molecule has 5 heteroatoms. The fourth-order valence-electron chi connectivity index (χ4n) is 3.34. The van der Waals surface area contributed by atoms with E-state index in [1.807, 2.05) is 13.8 Å². The summed E-state index contributed by atoms with van der Waals surface area (Å²) in [6, 6.07) is 0. The molecule has 1 saturated heterocycles. The minimum Gasteiger partial charge on any atom is -0.481 e. The average molecular weight is 313 g/mol. The molecule has 1 aliphatic rings. The molecule has 0 aliphatic carbocycles. The number of hydrogen-bond donors (Lipinski definition) is 2. The molecule has 1 aliphatic heterocycles. The highest BCUT2D eigenvalue weighted by Crippen LogP contribution is 2.48. The number of rotatable bonds is 9. The fraction of sp³-hybridized carbons (Fsp3) is 0.882. The summed E-state index contributed by atoms with van der Waals surface area (Å²) < 4.78 is 0.906. The van der Waals surface area contributed by atoms with Gasteiger partial charge in [0.1, 0.15) is 12.1 Å². The molecule has 2 N–H and O–H groups in total. The van der Waals surface area contributed by atoms with Crippen LogP contribution in [0.5, 0.6) is 0 Å². The van der Waals surface area contributed by atoms with Crippen LogP contribution in [0.3, 0.4) is 0 Å². The van der Waals surface area contributed by atoms with Gasteiger partial charge in [0.2, 0.25) is 5.91 Å². The number of nitrogens with zero attached hydrogens (tertiary/aromatic N) is 1. The lowest BCUT2D eigenvalue weighted by atomic mass is 9.83. The van der Waals surface area contributed by atoms with Crippen LogP contribution < -0.4 is 5.32 Å². The third-order valence-electron chi connectivity index (χ3n) is 5.48. The van der Waals surface area contributed by atoms with E-state index in [0.717, 1.165) is 30.4 Å². The van der Waals surface area contributed by atoms with E-state index in [-0.39, 0.29) is 17.4 Å². The first-order valence-corrected chi connectivity index (χ1v) is 8.33. The lowest BCUT2D eigenvalue weighted by molar-refractivity contribution is -0.808. The topological polar surface area (TPSA) is 66.4 Å². The predicted octanol–water partition coefficient (Wildman–Crippen LogP) is 2.26. The van der Waals surface area contributed by atoms with Gasteiger partial charge in [-0.25, -0.2) is 0 Å². The molecular weight excluding hydrogens is 280 g/mol. The number of carboxylic acids is 1. The number of carboxylic acid groups (broad SMARTS) is 1. The Morgan fingerprint density at radius 1 is 1.41 bits per heavy atom. The summed E-state index contributed by atoms with van der Waals surface area (Å²) in [4.78, 5) is 23.0. The van der Waals surface area contributed by atoms with Crippen LogP contribution >= 0.6 is 0 Å². The number of hydrogen-bond acceptors (Lipinski definition) is 2. The van der Waals surface area contributed by atoms with Crippen LogP contribution in [-0.4, -0.2) is 53.7 Å². The van der Waals surface area contributed by atoms with E-state index in [0.29, 0.717) is 13.0 Å². The van der Waals surface area contributed by atoms with Crippen molar-refractivity contribution in [2.75, 3.05) is 26.7 Å². The molecule has 1 fully saturated rings. The van der Waals surface area contributed by atoms with E-state index >= 15 is 0 Å². The van der Waals surface area contributed by atoms with Crippen molar-refractivity contribution in [2.45, 2.75) is 59.4 Å². The summed E-state index contributed by atoms with van der Waals surface area (Å²) in [7, 11) is 2.19.